The third-order valence-electron chi connectivity index (χ3n) is 2.33. The fourth-order valence-electron chi connectivity index (χ4n) is 1.53. The molecule has 1 nitrogen and oxygen atoms in total. The number of benzene rings is 1. The molecule has 0 unspecified atom stereocenters. The molecule has 0 aliphatic heterocycles. The van der Waals surface area contributed by atoms with E-state index in [-0.39, 0.29) is 0 Å². The molecule has 0 N–H and O–H groups in total. The lowest BCUT2D eigenvalue weighted by molar-refractivity contribution is 1.07. The molecule has 15 heavy (non-hydrogen) atoms. The van der Waals surface area contributed by atoms with E-state index in [0.717, 1.165) is 22.7 Å². The zero-order valence-corrected chi connectivity index (χ0v) is 9.33. The maximum Gasteiger partial charge on any atom is 0.0447 e. The van der Waals surface area contributed by atoms with Crippen LogP contribution in [-0.4, -0.2) is 4.98 Å². The monoisotopic (exact) mass is 217 g/mol. The van der Waals surface area contributed by atoms with Crippen molar-refractivity contribution >= 4 is 11.6 Å². The van der Waals surface area contributed by atoms with Gasteiger partial charge in [0.05, 0.1) is 0 Å². The van der Waals surface area contributed by atoms with Gasteiger partial charge < -0.3 is 0 Å². The molecule has 0 saturated heterocycles. The quantitative estimate of drug-likeness (QED) is 0.749. The van der Waals surface area contributed by atoms with Gasteiger partial charge in [0.1, 0.15) is 0 Å². The summed E-state index contributed by atoms with van der Waals surface area (Å²) in [5.41, 5.74) is 3.44. The lowest BCUT2D eigenvalue weighted by Gasteiger charge is -2.03. The van der Waals surface area contributed by atoms with E-state index >= 15 is 0 Å². The molecular weight excluding hydrogens is 206 g/mol. The molecule has 0 aliphatic carbocycles. The molecular formula is C13H12ClN. The van der Waals surface area contributed by atoms with E-state index in [4.69, 9.17) is 11.6 Å². The lowest BCUT2D eigenvalue weighted by Crippen LogP contribution is -1.91. The summed E-state index contributed by atoms with van der Waals surface area (Å²) in [5, 5.41) is 0.819. The van der Waals surface area contributed by atoms with Gasteiger partial charge in [-0.2, -0.15) is 0 Å². The van der Waals surface area contributed by atoms with Crippen LogP contribution in [0.1, 0.15) is 16.8 Å². The number of aryl methyl sites for hydroxylation is 1. The van der Waals surface area contributed by atoms with Crippen molar-refractivity contribution in [2.45, 2.75) is 13.3 Å². The summed E-state index contributed by atoms with van der Waals surface area (Å²) in [6.45, 7) is 2.02. The molecule has 0 saturated carbocycles. The highest BCUT2D eigenvalue weighted by Crippen LogP contribution is 2.17. The van der Waals surface area contributed by atoms with Gasteiger partial charge in [-0.05, 0) is 36.2 Å². The van der Waals surface area contributed by atoms with E-state index in [1.54, 1.807) is 0 Å². The number of hydrogen-bond acceptors (Lipinski definition) is 1. The van der Waals surface area contributed by atoms with Gasteiger partial charge in [-0.1, -0.05) is 29.8 Å². The number of pyridine rings is 1. The Morgan fingerprint density at radius 2 is 2.07 bits per heavy atom. The molecule has 2 aromatic rings. The largest absolute Gasteiger partial charge is 0.261 e. The first-order chi connectivity index (χ1) is 7.25. The van der Waals surface area contributed by atoms with Gasteiger partial charge in [-0.3, -0.25) is 4.98 Å². The highest BCUT2D eigenvalue weighted by molar-refractivity contribution is 6.31. The van der Waals surface area contributed by atoms with Gasteiger partial charge in [0, 0.05) is 23.3 Å². The van der Waals surface area contributed by atoms with Crippen LogP contribution in [0.3, 0.4) is 0 Å². The molecule has 0 spiro atoms. The topological polar surface area (TPSA) is 12.9 Å². The summed E-state index contributed by atoms with van der Waals surface area (Å²) in [5.74, 6) is 0. The van der Waals surface area contributed by atoms with E-state index in [1.807, 2.05) is 43.5 Å². The molecule has 2 rings (SSSR count). The summed E-state index contributed by atoms with van der Waals surface area (Å²) >= 11 is 5.97. The SMILES string of the molecule is Cc1cc(Cc2ccccn2)ccc1Cl. The van der Waals surface area contributed by atoms with E-state index < -0.39 is 0 Å². The lowest BCUT2D eigenvalue weighted by atomic mass is 10.1. The van der Waals surface area contributed by atoms with Crippen molar-refractivity contribution in [1.29, 1.82) is 0 Å². The third kappa shape index (κ3) is 2.57. The van der Waals surface area contributed by atoms with Crippen LogP contribution in [0.15, 0.2) is 42.6 Å². The molecule has 0 bridgehead atoms. The van der Waals surface area contributed by atoms with Gasteiger partial charge in [-0.25, -0.2) is 0 Å². The first-order valence-electron chi connectivity index (χ1n) is 4.90. The van der Waals surface area contributed by atoms with Crippen molar-refractivity contribution in [1.82, 2.24) is 4.98 Å². The van der Waals surface area contributed by atoms with E-state index in [0.29, 0.717) is 0 Å². The van der Waals surface area contributed by atoms with E-state index in [1.165, 1.54) is 5.56 Å². The fraction of sp³-hybridized carbons (Fsp3) is 0.154. The highest BCUT2D eigenvalue weighted by atomic mass is 35.5. The summed E-state index contributed by atoms with van der Waals surface area (Å²) in [6.07, 6.45) is 2.68. The van der Waals surface area contributed by atoms with Gasteiger partial charge in [0.2, 0.25) is 0 Å². The van der Waals surface area contributed by atoms with Crippen LogP contribution >= 0.6 is 11.6 Å². The average molecular weight is 218 g/mol. The zero-order valence-electron chi connectivity index (χ0n) is 8.57. The van der Waals surface area contributed by atoms with Crippen LogP contribution in [0.25, 0.3) is 0 Å². The van der Waals surface area contributed by atoms with Crippen LogP contribution in [0.5, 0.6) is 0 Å². The van der Waals surface area contributed by atoms with Crippen molar-refractivity contribution in [3.63, 3.8) is 0 Å². The minimum atomic E-state index is 0.819. The average Bonchev–Trinajstić information content (AvgIpc) is 2.25. The van der Waals surface area contributed by atoms with Crippen molar-refractivity contribution in [2.75, 3.05) is 0 Å². The van der Waals surface area contributed by atoms with Crippen molar-refractivity contribution in [2.24, 2.45) is 0 Å². The Balaban J connectivity index is 2.22. The normalized spacial score (nSPS) is 10.3. The van der Waals surface area contributed by atoms with Crippen LogP contribution in [0.2, 0.25) is 5.02 Å². The minimum Gasteiger partial charge on any atom is -0.261 e. The number of halogens is 1. The zero-order chi connectivity index (χ0) is 10.7. The third-order valence-corrected chi connectivity index (χ3v) is 2.76. The Bertz CT molecular complexity index is 451. The molecule has 0 aliphatic rings. The summed E-state index contributed by atoms with van der Waals surface area (Å²) in [7, 11) is 0. The Morgan fingerprint density at radius 3 is 2.73 bits per heavy atom. The van der Waals surface area contributed by atoms with E-state index in [9.17, 15) is 0 Å². The molecule has 0 radical (unpaired) electrons. The van der Waals surface area contributed by atoms with E-state index in [2.05, 4.69) is 11.1 Å². The Labute approximate surface area is 94.7 Å². The molecule has 0 atom stereocenters. The highest BCUT2D eigenvalue weighted by Gasteiger charge is 1.99. The first kappa shape index (κ1) is 10.2. The predicted octanol–water partition coefficient (Wildman–Crippen LogP) is 3.63. The van der Waals surface area contributed by atoms with Crippen molar-refractivity contribution in [3.8, 4) is 0 Å². The maximum atomic E-state index is 5.97. The molecule has 76 valence electrons. The molecule has 0 amide bonds. The Hall–Kier alpha value is -1.34. The molecule has 0 fully saturated rings. The minimum absolute atomic E-state index is 0.819. The fourth-order valence-corrected chi connectivity index (χ4v) is 1.65. The second-order valence-electron chi connectivity index (χ2n) is 3.58. The number of rotatable bonds is 2. The standard InChI is InChI=1S/C13H12ClN/c1-10-8-11(5-6-13(10)14)9-12-4-2-3-7-15-12/h2-8H,9H2,1H3. The second-order valence-corrected chi connectivity index (χ2v) is 3.99. The molecule has 1 aromatic heterocycles. The van der Waals surface area contributed by atoms with Crippen LogP contribution in [-0.2, 0) is 6.42 Å². The maximum absolute atomic E-state index is 5.97. The predicted molar refractivity (Wildman–Crippen MR) is 63.2 cm³/mol. The number of hydrogen-bond donors (Lipinski definition) is 0. The molecule has 1 heterocycles. The summed E-state index contributed by atoms with van der Waals surface area (Å²) in [6, 6.07) is 12.1. The van der Waals surface area contributed by atoms with Gasteiger partial charge in [-0.15, -0.1) is 0 Å². The van der Waals surface area contributed by atoms with Crippen molar-refractivity contribution in [3.05, 3.63) is 64.4 Å². The van der Waals surface area contributed by atoms with Crippen molar-refractivity contribution < 1.29 is 0 Å². The smallest absolute Gasteiger partial charge is 0.0447 e. The van der Waals surface area contributed by atoms with Crippen LogP contribution < -0.4 is 0 Å². The molecule has 2 heteroatoms. The summed E-state index contributed by atoms with van der Waals surface area (Å²) in [4.78, 5) is 4.29. The second kappa shape index (κ2) is 4.45. The number of aromatic nitrogens is 1. The van der Waals surface area contributed by atoms with Gasteiger partial charge in [0.25, 0.3) is 0 Å². The Kier molecular flexibility index (Phi) is 3.02. The molecule has 1 aromatic carbocycles. The van der Waals surface area contributed by atoms with Crippen LogP contribution in [0.4, 0.5) is 0 Å². The first-order valence-corrected chi connectivity index (χ1v) is 5.28. The number of nitrogens with zero attached hydrogens (tertiary/aromatic N) is 1. The van der Waals surface area contributed by atoms with Gasteiger partial charge in [0.15, 0.2) is 0 Å². The Morgan fingerprint density at radius 1 is 1.20 bits per heavy atom. The summed E-state index contributed by atoms with van der Waals surface area (Å²) < 4.78 is 0. The van der Waals surface area contributed by atoms with Gasteiger partial charge >= 0.3 is 0 Å². The van der Waals surface area contributed by atoms with Crippen LogP contribution in [0, 0.1) is 6.92 Å².